The number of hydrogen-bond acceptors (Lipinski definition) is 5. The summed E-state index contributed by atoms with van der Waals surface area (Å²) >= 11 is 1.76. The van der Waals surface area contributed by atoms with Gasteiger partial charge in [0.15, 0.2) is 0 Å². The van der Waals surface area contributed by atoms with Crippen LogP contribution < -0.4 is 4.90 Å². The number of aliphatic hydroxyl groups excluding tert-OH is 1. The first-order valence-electron chi connectivity index (χ1n) is 7.77. The van der Waals surface area contributed by atoms with Crippen LogP contribution in [0.4, 0.5) is 5.82 Å². The zero-order valence-corrected chi connectivity index (χ0v) is 14.0. The molecule has 5 heteroatoms. The van der Waals surface area contributed by atoms with E-state index in [4.69, 9.17) is 0 Å². The number of thiophene rings is 1. The standard InChI is InChI=1S/C17H23N3OS/c1-13-11-15(14(2)22-13)16(21)12-19-7-9-20(10-8-19)17-5-3-4-6-18-17/h3-6,11,16,21H,7-10,12H2,1-2H3. The molecule has 22 heavy (non-hydrogen) atoms. The molecule has 1 unspecified atom stereocenters. The molecule has 0 spiro atoms. The molecule has 0 aromatic carbocycles. The Bertz CT molecular complexity index is 606. The topological polar surface area (TPSA) is 39.6 Å². The molecule has 1 N–H and O–H groups in total. The van der Waals surface area contributed by atoms with Gasteiger partial charge in [-0.15, -0.1) is 11.3 Å². The molecule has 2 aromatic heterocycles. The van der Waals surface area contributed by atoms with Crippen LogP contribution in [0.15, 0.2) is 30.5 Å². The lowest BCUT2D eigenvalue weighted by atomic mass is 10.1. The monoisotopic (exact) mass is 317 g/mol. The molecule has 1 aliphatic rings. The van der Waals surface area contributed by atoms with Gasteiger partial charge in [0.1, 0.15) is 5.82 Å². The summed E-state index contributed by atoms with van der Waals surface area (Å²) in [5, 5.41) is 10.5. The van der Waals surface area contributed by atoms with Crippen molar-refractivity contribution >= 4 is 17.2 Å². The van der Waals surface area contributed by atoms with Gasteiger partial charge in [-0.25, -0.2) is 4.98 Å². The summed E-state index contributed by atoms with van der Waals surface area (Å²) in [5.74, 6) is 1.05. The molecular formula is C17H23N3OS. The summed E-state index contributed by atoms with van der Waals surface area (Å²) in [6, 6.07) is 8.15. The number of aryl methyl sites for hydroxylation is 2. The van der Waals surface area contributed by atoms with Crippen LogP contribution in [0.25, 0.3) is 0 Å². The molecule has 0 bridgehead atoms. The third-order valence-electron chi connectivity index (χ3n) is 4.22. The van der Waals surface area contributed by atoms with E-state index in [9.17, 15) is 5.11 Å². The highest BCUT2D eigenvalue weighted by Gasteiger charge is 2.21. The Morgan fingerprint density at radius 1 is 1.23 bits per heavy atom. The van der Waals surface area contributed by atoms with Gasteiger partial charge in [0.05, 0.1) is 6.10 Å². The van der Waals surface area contributed by atoms with E-state index in [1.807, 2.05) is 18.3 Å². The van der Waals surface area contributed by atoms with Crippen LogP contribution in [-0.2, 0) is 0 Å². The number of β-amino-alcohol motifs (C(OH)–C–C–N with tert-alkyl or cyclic N) is 1. The molecule has 1 saturated heterocycles. The van der Waals surface area contributed by atoms with Crippen LogP contribution in [0, 0.1) is 13.8 Å². The summed E-state index contributed by atoms with van der Waals surface area (Å²) in [6.45, 7) is 8.77. The van der Waals surface area contributed by atoms with Crippen molar-refractivity contribution in [1.29, 1.82) is 0 Å². The minimum atomic E-state index is -0.383. The average molecular weight is 317 g/mol. The third-order valence-corrected chi connectivity index (χ3v) is 5.20. The number of aromatic nitrogens is 1. The molecule has 3 rings (SSSR count). The lowest BCUT2D eigenvalue weighted by molar-refractivity contribution is 0.109. The summed E-state index contributed by atoms with van der Waals surface area (Å²) < 4.78 is 0. The van der Waals surface area contributed by atoms with Crippen LogP contribution >= 0.6 is 11.3 Å². The molecule has 0 amide bonds. The van der Waals surface area contributed by atoms with Crippen molar-refractivity contribution in [2.24, 2.45) is 0 Å². The molecule has 3 heterocycles. The highest BCUT2D eigenvalue weighted by Crippen LogP contribution is 2.27. The minimum Gasteiger partial charge on any atom is -0.387 e. The van der Waals surface area contributed by atoms with Crippen LogP contribution in [0.5, 0.6) is 0 Å². The van der Waals surface area contributed by atoms with Gasteiger partial charge < -0.3 is 10.0 Å². The average Bonchev–Trinajstić information content (AvgIpc) is 2.88. The number of nitrogens with zero attached hydrogens (tertiary/aromatic N) is 3. The maximum Gasteiger partial charge on any atom is 0.128 e. The van der Waals surface area contributed by atoms with Crippen molar-refractivity contribution in [2.75, 3.05) is 37.6 Å². The van der Waals surface area contributed by atoms with Crippen molar-refractivity contribution in [3.8, 4) is 0 Å². The maximum atomic E-state index is 10.5. The van der Waals surface area contributed by atoms with Gasteiger partial charge in [0.2, 0.25) is 0 Å². The lowest BCUT2D eigenvalue weighted by Crippen LogP contribution is -2.47. The summed E-state index contributed by atoms with van der Waals surface area (Å²) in [4.78, 5) is 11.6. The molecule has 4 nitrogen and oxygen atoms in total. The maximum absolute atomic E-state index is 10.5. The smallest absolute Gasteiger partial charge is 0.128 e. The predicted octanol–water partition coefficient (Wildman–Crippen LogP) is 2.62. The predicted molar refractivity (Wildman–Crippen MR) is 91.6 cm³/mol. The molecule has 1 fully saturated rings. The molecule has 0 aliphatic carbocycles. The minimum absolute atomic E-state index is 0.383. The van der Waals surface area contributed by atoms with E-state index < -0.39 is 0 Å². The van der Waals surface area contributed by atoms with Gasteiger partial charge in [-0.2, -0.15) is 0 Å². The van der Waals surface area contributed by atoms with Gasteiger partial charge >= 0.3 is 0 Å². The number of anilines is 1. The fraction of sp³-hybridized carbons (Fsp3) is 0.471. The zero-order chi connectivity index (χ0) is 15.5. The van der Waals surface area contributed by atoms with Gasteiger partial charge in [0, 0.05) is 48.7 Å². The fourth-order valence-corrected chi connectivity index (χ4v) is 4.01. The van der Waals surface area contributed by atoms with Crippen molar-refractivity contribution in [3.05, 3.63) is 45.8 Å². The van der Waals surface area contributed by atoms with Crippen molar-refractivity contribution in [3.63, 3.8) is 0 Å². The molecule has 118 valence electrons. The lowest BCUT2D eigenvalue weighted by Gasteiger charge is -2.36. The third kappa shape index (κ3) is 3.48. The van der Waals surface area contributed by atoms with E-state index in [2.05, 4.69) is 40.8 Å². The Morgan fingerprint density at radius 2 is 2.00 bits per heavy atom. The summed E-state index contributed by atoms with van der Waals surface area (Å²) in [7, 11) is 0. The van der Waals surface area contributed by atoms with Gasteiger partial charge in [-0.1, -0.05) is 6.07 Å². The van der Waals surface area contributed by atoms with E-state index in [-0.39, 0.29) is 6.10 Å². The van der Waals surface area contributed by atoms with Gasteiger partial charge in [-0.05, 0) is 37.6 Å². The van der Waals surface area contributed by atoms with E-state index in [1.165, 1.54) is 9.75 Å². The van der Waals surface area contributed by atoms with E-state index in [1.54, 1.807) is 11.3 Å². The van der Waals surface area contributed by atoms with Crippen LogP contribution in [0.2, 0.25) is 0 Å². The van der Waals surface area contributed by atoms with E-state index in [0.717, 1.165) is 37.6 Å². The fourth-order valence-electron chi connectivity index (χ4n) is 3.02. The number of rotatable bonds is 4. The van der Waals surface area contributed by atoms with Crippen molar-refractivity contribution in [1.82, 2.24) is 9.88 Å². The Kier molecular flexibility index (Phi) is 4.76. The first kappa shape index (κ1) is 15.5. The zero-order valence-electron chi connectivity index (χ0n) is 13.2. The highest BCUT2D eigenvalue weighted by molar-refractivity contribution is 7.12. The Hall–Kier alpha value is -1.43. The molecule has 2 aromatic rings. The van der Waals surface area contributed by atoms with E-state index in [0.29, 0.717) is 6.54 Å². The van der Waals surface area contributed by atoms with Crippen LogP contribution in [0.3, 0.4) is 0 Å². The highest BCUT2D eigenvalue weighted by atomic mass is 32.1. The Labute approximate surface area is 136 Å². The Balaban J connectivity index is 1.55. The number of hydrogen-bond donors (Lipinski definition) is 1. The first-order chi connectivity index (χ1) is 10.6. The first-order valence-corrected chi connectivity index (χ1v) is 8.58. The van der Waals surface area contributed by atoms with Crippen molar-refractivity contribution < 1.29 is 5.11 Å². The van der Waals surface area contributed by atoms with Crippen LogP contribution in [0.1, 0.15) is 21.4 Å². The number of aliphatic hydroxyl groups is 1. The summed E-state index contributed by atoms with van der Waals surface area (Å²) in [5.41, 5.74) is 1.09. The normalized spacial score (nSPS) is 17.7. The number of piperazine rings is 1. The van der Waals surface area contributed by atoms with Gasteiger partial charge in [-0.3, -0.25) is 4.90 Å². The van der Waals surface area contributed by atoms with Crippen LogP contribution in [-0.4, -0.2) is 47.7 Å². The molecule has 0 radical (unpaired) electrons. The van der Waals surface area contributed by atoms with E-state index >= 15 is 0 Å². The van der Waals surface area contributed by atoms with Gasteiger partial charge in [0.25, 0.3) is 0 Å². The Morgan fingerprint density at radius 3 is 2.59 bits per heavy atom. The molecular weight excluding hydrogens is 294 g/mol. The quantitative estimate of drug-likeness (QED) is 0.941. The second-order valence-electron chi connectivity index (χ2n) is 5.86. The molecule has 1 atom stereocenters. The summed E-state index contributed by atoms with van der Waals surface area (Å²) in [6.07, 6.45) is 1.46. The van der Waals surface area contributed by atoms with Crippen molar-refractivity contribution in [2.45, 2.75) is 20.0 Å². The molecule has 0 saturated carbocycles. The largest absolute Gasteiger partial charge is 0.387 e. The second-order valence-corrected chi connectivity index (χ2v) is 7.32. The molecule has 1 aliphatic heterocycles. The SMILES string of the molecule is Cc1cc(C(O)CN2CCN(c3ccccn3)CC2)c(C)s1. The second kappa shape index (κ2) is 6.77. The number of pyridine rings is 1.